The molecule has 1 aromatic heterocycles. The number of carbonyl (C=O) groups excluding carboxylic acids is 2. The number of para-hydroxylation sites is 1. The van der Waals surface area contributed by atoms with Crippen LogP contribution in [0, 0.1) is 0 Å². The summed E-state index contributed by atoms with van der Waals surface area (Å²) in [4.78, 5) is 43.1. The second kappa shape index (κ2) is 7.00. The molecule has 0 bridgehead atoms. The Morgan fingerprint density at radius 2 is 1.96 bits per heavy atom. The SMILES string of the molecule is COc1ccccc1CN1C(=O)CC(N2CCc3[nH]c(=O)ccc3C2)C1=O. The maximum atomic E-state index is 13.0. The number of rotatable bonds is 4. The van der Waals surface area contributed by atoms with Gasteiger partial charge in [-0.05, 0) is 11.6 Å². The molecule has 140 valence electrons. The quantitative estimate of drug-likeness (QED) is 0.818. The van der Waals surface area contributed by atoms with E-state index in [1.165, 1.54) is 11.0 Å². The van der Waals surface area contributed by atoms with Gasteiger partial charge in [0.1, 0.15) is 5.75 Å². The van der Waals surface area contributed by atoms with Crippen molar-refractivity contribution in [3.8, 4) is 5.75 Å². The van der Waals surface area contributed by atoms with Gasteiger partial charge in [-0.1, -0.05) is 24.3 Å². The van der Waals surface area contributed by atoms with E-state index in [0.717, 1.165) is 16.8 Å². The first-order valence-corrected chi connectivity index (χ1v) is 8.98. The van der Waals surface area contributed by atoms with Crippen LogP contribution in [0.25, 0.3) is 0 Å². The molecule has 1 fully saturated rings. The van der Waals surface area contributed by atoms with Gasteiger partial charge in [0, 0.05) is 36.8 Å². The Balaban J connectivity index is 1.51. The number of amides is 2. The predicted molar refractivity (Wildman–Crippen MR) is 98.1 cm³/mol. The zero-order valence-corrected chi connectivity index (χ0v) is 15.1. The number of aromatic nitrogens is 1. The predicted octanol–water partition coefficient (Wildman–Crippen LogP) is 1.07. The smallest absolute Gasteiger partial charge is 0.248 e. The molecule has 1 aromatic carbocycles. The molecule has 1 N–H and O–H groups in total. The maximum absolute atomic E-state index is 13.0. The van der Waals surface area contributed by atoms with Gasteiger partial charge in [0.15, 0.2) is 0 Å². The summed E-state index contributed by atoms with van der Waals surface area (Å²) in [6, 6.07) is 10.2. The van der Waals surface area contributed by atoms with Gasteiger partial charge in [-0.2, -0.15) is 0 Å². The lowest BCUT2D eigenvalue weighted by Crippen LogP contribution is -2.44. The topological polar surface area (TPSA) is 82.7 Å². The summed E-state index contributed by atoms with van der Waals surface area (Å²) in [6.07, 6.45) is 0.850. The van der Waals surface area contributed by atoms with Gasteiger partial charge >= 0.3 is 0 Å². The lowest BCUT2D eigenvalue weighted by atomic mass is 10.0. The second-order valence-electron chi connectivity index (χ2n) is 6.90. The molecular weight excluding hydrogens is 346 g/mol. The van der Waals surface area contributed by atoms with Crippen molar-refractivity contribution >= 4 is 11.8 Å². The number of benzene rings is 1. The van der Waals surface area contributed by atoms with E-state index in [4.69, 9.17) is 4.74 Å². The fourth-order valence-electron chi connectivity index (χ4n) is 3.86. The van der Waals surface area contributed by atoms with E-state index in [9.17, 15) is 14.4 Å². The summed E-state index contributed by atoms with van der Waals surface area (Å²) in [5.41, 5.74) is 2.62. The number of hydrogen-bond donors (Lipinski definition) is 1. The number of ether oxygens (including phenoxy) is 1. The molecule has 27 heavy (non-hydrogen) atoms. The summed E-state index contributed by atoms with van der Waals surface area (Å²) in [6.45, 7) is 1.41. The van der Waals surface area contributed by atoms with Crippen LogP contribution in [0.4, 0.5) is 0 Å². The van der Waals surface area contributed by atoms with Crippen LogP contribution >= 0.6 is 0 Å². The number of H-pyrrole nitrogens is 1. The Morgan fingerprint density at radius 1 is 1.15 bits per heavy atom. The fraction of sp³-hybridized carbons (Fsp3) is 0.350. The highest BCUT2D eigenvalue weighted by atomic mass is 16.5. The molecule has 0 saturated carbocycles. The number of fused-ring (bicyclic) bond motifs is 1. The van der Waals surface area contributed by atoms with E-state index >= 15 is 0 Å². The van der Waals surface area contributed by atoms with Crippen LogP contribution in [0.3, 0.4) is 0 Å². The van der Waals surface area contributed by atoms with Crippen molar-refractivity contribution in [2.45, 2.75) is 32.0 Å². The largest absolute Gasteiger partial charge is 0.496 e. The standard InChI is InChI=1S/C20H21N3O4/c1-27-17-5-3-2-4-14(17)12-23-19(25)10-16(20(23)26)22-9-8-15-13(11-22)6-7-18(24)21-15/h2-7,16H,8-12H2,1H3,(H,21,24). The third-order valence-electron chi connectivity index (χ3n) is 5.30. The maximum Gasteiger partial charge on any atom is 0.248 e. The summed E-state index contributed by atoms with van der Waals surface area (Å²) < 4.78 is 5.33. The van der Waals surface area contributed by atoms with Crippen molar-refractivity contribution < 1.29 is 14.3 Å². The van der Waals surface area contributed by atoms with Crippen LogP contribution in [0.1, 0.15) is 23.2 Å². The Kier molecular flexibility index (Phi) is 4.53. The minimum atomic E-state index is -0.452. The molecule has 2 aliphatic rings. The number of nitrogens with one attached hydrogen (secondary N) is 1. The van der Waals surface area contributed by atoms with Crippen LogP contribution in [0.5, 0.6) is 5.75 Å². The number of carbonyl (C=O) groups is 2. The number of nitrogens with zero attached hydrogens (tertiary/aromatic N) is 2. The minimum absolute atomic E-state index is 0.114. The van der Waals surface area contributed by atoms with Crippen molar-refractivity contribution in [2.75, 3.05) is 13.7 Å². The number of imide groups is 1. The zero-order chi connectivity index (χ0) is 19.0. The van der Waals surface area contributed by atoms with Gasteiger partial charge in [0.05, 0.1) is 26.1 Å². The van der Waals surface area contributed by atoms with Crippen LogP contribution in [-0.2, 0) is 29.1 Å². The molecule has 7 nitrogen and oxygen atoms in total. The van der Waals surface area contributed by atoms with E-state index in [0.29, 0.717) is 25.3 Å². The monoisotopic (exact) mass is 367 g/mol. The van der Waals surface area contributed by atoms with E-state index in [2.05, 4.69) is 4.98 Å². The van der Waals surface area contributed by atoms with Crippen molar-refractivity contribution in [3.63, 3.8) is 0 Å². The highest BCUT2D eigenvalue weighted by molar-refractivity contribution is 6.05. The molecule has 1 atom stereocenters. The van der Waals surface area contributed by atoms with Crippen molar-refractivity contribution in [1.29, 1.82) is 0 Å². The molecule has 0 radical (unpaired) electrons. The molecule has 3 heterocycles. The average molecular weight is 367 g/mol. The van der Waals surface area contributed by atoms with Gasteiger partial charge in [-0.3, -0.25) is 24.2 Å². The molecular formula is C20H21N3O4. The van der Waals surface area contributed by atoms with Crippen molar-refractivity contribution in [2.24, 2.45) is 0 Å². The Bertz CT molecular complexity index is 952. The van der Waals surface area contributed by atoms with Gasteiger partial charge in [-0.25, -0.2) is 0 Å². The molecule has 0 aliphatic carbocycles. The number of pyridine rings is 1. The van der Waals surface area contributed by atoms with Crippen molar-refractivity contribution in [1.82, 2.24) is 14.8 Å². The molecule has 7 heteroatoms. The van der Waals surface area contributed by atoms with E-state index < -0.39 is 6.04 Å². The average Bonchev–Trinajstić information content (AvgIpc) is 2.96. The van der Waals surface area contributed by atoms with Crippen LogP contribution in [0.15, 0.2) is 41.2 Å². The van der Waals surface area contributed by atoms with Crippen molar-refractivity contribution in [3.05, 3.63) is 63.6 Å². The molecule has 2 aliphatic heterocycles. The highest BCUT2D eigenvalue weighted by Crippen LogP contribution is 2.27. The Morgan fingerprint density at radius 3 is 2.78 bits per heavy atom. The van der Waals surface area contributed by atoms with Gasteiger partial charge < -0.3 is 9.72 Å². The third kappa shape index (κ3) is 3.26. The number of aromatic amines is 1. The molecule has 0 spiro atoms. The summed E-state index contributed by atoms with van der Waals surface area (Å²) in [5, 5.41) is 0. The van der Waals surface area contributed by atoms with Gasteiger partial charge in [0.2, 0.25) is 17.4 Å². The molecule has 1 unspecified atom stereocenters. The molecule has 2 aromatic rings. The summed E-state index contributed by atoms with van der Waals surface area (Å²) >= 11 is 0. The number of methoxy groups -OCH3 is 1. The second-order valence-corrected chi connectivity index (χ2v) is 6.90. The van der Waals surface area contributed by atoms with Gasteiger partial charge in [-0.15, -0.1) is 0 Å². The highest BCUT2D eigenvalue weighted by Gasteiger charge is 2.42. The minimum Gasteiger partial charge on any atom is -0.496 e. The first kappa shape index (κ1) is 17.5. The van der Waals surface area contributed by atoms with Crippen LogP contribution < -0.4 is 10.3 Å². The third-order valence-corrected chi connectivity index (χ3v) is 5.30. The lowest BCUT2D eigenvalue weighted by molar-refractivity contribution is -0.140. The lowest BCUT2D eigenvalue weighted by Gasteiger charge is -2.31. The Labute approximate surface area is 156 Å². The summed E-state index contributed by atoms with van der Waals surface area (Å²) in [7, 11) is 1.57. The molecule has 2 amide bonds. The van der Waals surface area contributed by atoms with Crippen LogP contribution in [-0.4, -0.2) is 46.3 Å². The normalized spacial score (nSPS) is 20.0. The van der Waals surface area contributed by atoms with Gasteiger partial charge in [0.25, 0.3) is 0 Å². The van der Waals surface area contributed by atoms with E-state index in [1.54, 1.807) is 13.2 Å². The summed E-state index contributed by atoms with van der Waals surface area (Å²) in [5.74, 6) is 0.333. The molecule has 4 rings (SSSR count). The first-order chi connectivity index (χ1) is 13.1. The zero-order valence-electron chi connectivity index (χ0n) is 15.1. The fourth-order valence-corrected chi connectivity index (χ4v) is 3.86. The number of hydrogen-bond acceptors (Lipinski definition) is 5. The van der Waals surface area contributed by atoms with E-state index in [1.807, 2.05) is 29.2 Å². The number of likely N-dealkylation sites (tertiary alicyclic amines) is 1. The van der Waals surface area contributed by atoms with Crippen LogP contribution in [0.2, 0.25) is 0 Å². The molecule has 1 saturated heterocycles. The van der Waals surface area contributed by atoms with E-state index in [-0.39, 0.29) is 30.3 Å². The Hall–Kier alpha value is -2.93. The first-order valence-electron chi connectivity index (χ1n) is 8.98.